The fourth-order valence-corrected chi connectivity index (χ4v) is 0.785. The molecule has 0 aromatic heterocycles. The lowest BCUT2D eigenvalue weighted by Crippen LogP contribution is -2.01. The van der Waals surface area contributed by atoms with Crippen molar-refractivity contribution in [3.05, 3.63) is 60.7 Å². The van der Waals surface area contributed by atoms with Crippen LogP contribution in [0.1, 0.15) is 20.7 Å². The molecule has 0 fully saturated rings. The van der Waals surface area contributed by atoms with E-state index in [1.54, 1.807) is 0 Å². The standard InChI is InChI=1S/C8H6O4.2C3H7P/c9-7(10)5-2-1-3-6(4-5)8(11)12;2*1-2-3-4/h1-4H,(H,9,10)(H,11,12);2*2H,1,3-4H2. The number of benzene rings is 1. The molecule has 4 nitrogen and oxygen atoms in total. The number of carboxylic acid groups (broad SMARTS) is 2. The van der Waals surface area contributed by atoms with Crippen LogP contribution < -0.4 is 0 Å². The molecular formula is C14H20O4P2. The zero-order chi connectivity index (χ0) is 16.0. The molecule has 0 amide bonds. The summed E-state index contributed by atoms with van der Waals surface area (Å²) in [5.41, 5.74) is -0.0372. The van der Waals surface area contributed by atoms with Gasteiger partial charge in [0.1, 0.15) is 0 Å². The number of carboxylic acids is 2. The van der Waals surface area contributed by atoms with E-state index < -0.39 is 11.9 Å². The van der Waals surface area contributed by atoms with Crippen molar-refractivity contribution in [2.75, 3.05) is 12.3 Å². The van der Waals surface area contributed by atoms with Crippen LogP contribution in [0.3, 0.4) is 0 Å². The van der Waals surface area contributed by atoms with Gasteiger partial charge >= 0.3 is 11.9 Å². The molecule has 2 unspecified atom stereocenters. The van der Waals surface area contributed by atoms with Gasteiger partial charge in [0.05, 0.1) is 11.1 Å². The zero-order valence-corrected chi connectivity index (χ0v) is 13.5. The summed E-state index contributed by atoms with van der Waals surface area (Å²) in [6.07, 6.45) is 5.68. The smallest absolute Gasteiger partial charge is 0.335 e. The lowest BCUT2D eigenvalue weighted by molar-refractivity contribution is 0.0696. The Morgan fingerprint density at radius 3 is 1.50 bits per heavy atom. The SMILES string of the molecule is C=CCP.C=CCP.O=C(O)c1cccc(C(=O)O)c1. The molecule has 0 aliphatic carbocycles. The molecular weight excluding hydrogens is 294 g/mol. The van der Waals surface area contributed by atoms with Gasteiger partial charge < -0.3 is 10.2 Å². The molecule has 0 saturated heterocycles. The minimum Gasteiger partial charge on any atom is -0.478 e. The van der Waals surface area contributed by atoms with Gasteiger partial charge in [-0.25, -0.2) is 9.59 Å². The third-order valence-corrected chi connectivity index (χ3v) is 2.36. The molecule has 0 saturated carbocycles. The van der Waals surface area contributed by atoms with Crippen LogP contribution in [-0.2, 0) is 0 Å². The summed E-state index contributed by atoms with van der Waals surface area (Å²) in [6.45, 7) is 6.92. The van der Waals surface area contributed by atoms with E-state index in [1.807, 2.05) is 12.2 Å². The fraction of sp³-hybridized carbons (Fsp3) is 0.143. The summed E-state index contributed by atoms with van der Waals surface area (Å²) in [5, 5.41) is 17.0. The van der Waals surface area contributed by atoms with Gasteiger partial charge in [-0.1, -0.05) is 18.2 Å². The third kappa shape index (κ3) is 11.6. The Bertz CT molecular complexity index is 407. The molecule has 1 aromatic rings. The van der Waals surface area contributed by atoms with Crippen LogP contribution in [0.2, 0.25) is 0 Å². The molecule has 1 rings (SSSR count). The predicted molar refractivity (Wildman–Crippen MR) is 89.9 cm³/mol. The molecule has 0 bridgehead atoms. The Balaban J connectivity index is 0. The van der Waals surface area contributed by atoms with Gasteiger partial charge in [-0.05, 0) is 30.5 Å². The second-order valence-corrected chi connectivity index (χ2v) is 4.18. The van der Waals surface area contributed by atoms with Crippen LogP contribution in [0.4, 0.5) is 0 Å². The summed E-state index contributed by atoms with van der Waals surface area (Å²) in [6, 6.07) is 5.20. The molecule has 0 spiro atoms. The first-order chi connectivity index (χ1) is 9.44. The van der Waals surface area contributed by atoms with E-state index in [2.05, 4.69) is 31.6 Å². The molecule has 2 N–H and O–H groups in total. The van der Waals surface area contributed by atoms with E-state index in [1.165, 1.54) is 18.2 Å². The molecule has 110 valence electrons. The van der Waals surface area contributed by atoms with Crippen molar-refractivity contribution in [2.24, 2.45) is 0 Å². The predicted octanol–water partition coefficient (Wildman–Crippen LogP) is 3.18. The first kappa shape index (κ1) is 20.8. The van der Waals surface area contributed by atoms with Crippen molar-refractivity contribution in [1.82, 2.24) is 0 Å². The first-order valence-corrected chi connectivity index (χ1v) is 7.26. The van der Waals surface area contributed by atoms with Crippen molar-refractivity contribution in [2.45, 2.75) is 0 Å². The summed E-state index contributed by atoms with van der Waals surface area (Å²) >= 11 is 0. The van der Waals surface area contributed by atoms with Gasteiger partial charge in [-0.2, -0.15) is 0 Å². The van der Waals surface area contributed by atoms with Crippen LogP contribution in [-0.4, -0.2) is 34.5 Å². The lowest BCUT2D eigenvalue weighted by Gasteiger charge is -1.95. The largest absolute Gasteiger partial charge is 0.478 e. The Hall–Kier alpha value is -1.50. The Kier molecular flexibility index (Phi) is 14.5. The molecule has 0 heterocycles. The van der Waals surface area contributed by atoms with Crippen LogP contribution in [0.25, 0.3) is 0 Å². The molecule has 0 aliphatic rings. The Morgan fingerprint density at radius 1 is 1.00 bits per heavy atom. The number of carbonyl (C=O) groups is 2. The van der Waals surface area contributed by atoms with E-state index >= 15 is 0 Å². The van der Waals surface area contributed by atoms with Crippen molar-refractivity contribution >= 4 is 30.4 Å². The van der Waals surface area contributed by atoms with E-state index in [9.17, 15) is 9.59 Å². The number of allylic oxidation sites excluding steroid dienone is 2. The summed E-state index contributed by atoms with van der Waals surface area (Å²) in [5.74, 6) is -2.25. The van der Waals surface area contributed by atoms with Gasteiger partial charge in [0.25, 0.3) is 0 Å². The van der Waals surface area contributed by atoms with Crippen LogP contribution >= 0.6 is 18.5 Å². The monoisotopic (exact) mass is 314 g/mol. The summed E-state index contributed by atoms with van der Waals surface area (Å²) < 4.78 is 0. The molecule has 2 atom stereocenters. The highest BCUT2D eigenvalue weighted by Gasteiger charge is 2.06. The maximum Gasteiger partial charge on any atom is 0.335 e. The minimum absolute atomic E-state index is 0.0186. The highest BCUT2D eigenvalue weighted by atomic mass is 31.0. The number of aromatic carboxylic acids is 2. The van der Waals surface area contributed by atoms with E-state index in [-0.39, 0.29) is 11.1 Å². The number of rotatable bonds is 4. The molecule has 1 aromatic carbocycles. The molecule has 20 heavy (non-hydrogen) atoms. The maximum absolute atomic E-state index is 10.4. The summed E-state index contributed by atoms with van der Waals surface area (Å²) in [4.78, 5) is 20.8. The van der Waals surface area contributed by atoms with Gasteiger partial charge in [-0.15, -0.1) is 31.6 Å². The van der Waals surface area contributed by atoms with Crippen LogP contribution in [0, 0.1) is 0 Å². The van der Waals surface area contributed by atoms with Crippen LogP contribution in [0.5, 0.6) is 0 Å². The van der Waals surface area contributed by atoms with Crippen molar-refractivity contribution in [3.63, 3.8) is 0 Å². The van der Waals surface area contributed by atoms with Crippen molar-refractivity contribution in [3.8, 4) is 0 Å². The summed E-state index contributed by atoms with van der Waals surface area (Å²) in [7, 11) is 5.07. The Labute approximate surface area is 124 Å². The molecule has 0 aliphatic heterocycles. The average Bonchev–Trinajstić information content (AvgIpc) is 2.47. The van der Waals surface area contributed by atoms with Gasteiger partial charge in [0, 0.05) is 0 Å². The topological polar surface area (TPSA) is 74.6 Å². The fourth-order valence-electron chi connectivity index (χ4n) is 0.785. The number of hydrogen-bond acceptors (Lipinski definition) is 2. The maximum atomic E-state index is 10.4. The lowest BCUT2D eigenvalue weighted by atomic mass is 10.1. The Morgan fingerprint density at radius 2 is 1.30 bits per heavy atom. The van der Waals surface area contributed by atoms with E-state index in [0.717, 1.165) is 18.4 Å². The second-order valence-electron chi connectivity index (χ2n) is 3.24. The van der Waals surface area contributed by atoms with Gasteiger partial charge in [0.15, 0.2) is 0 Å². The van der Waals surface area contributed by atoms with Crippen molar-refractivity contribution in [1.29, 1.82) is 0 Å². The first-order valence-electron chi connectivity index (χ1n) is 5.63. The highest BCUT2D eigenvalue weighted by Crippen LogP contribution is 2.04. The minimum atomic E-state index is -1.13. The molecule has 6 heteroatoms. The number of hydrogen-bond donors (Lipinski definition) is 2. The quantitative estimate of drug-likeness (QED) is 0.661. The third-order valence-electron chi connectivity index (χ3n) is 1.69. The average molecular weight is 314 g/mol. The van der Waals surface area contributed by atoms with Gasteiger partial charge in [0.2, 0.25) is 0 Å². The van der Waals surface area contributed by atoms with Gasteiger partial charge in [-0.3, -0.25) is 0 Å². The highest BCUT2D eigenvalue weighted by molar-refractivity contribution is 7.16. The second kappa shape index (κ2) is 13.9. The molecule has 0 radical (unpaired) electrons. The van der Waals surface area contributed by atoms with E-state index in [0.29, 0.717) is 0 Å². The van der Waals surface area contributed by atoms with Crippen molar-refractivity contribution < 1.29 is 19.8 Å². The normalized spacial score (nSPS) is 8.10. The zero-order valence-electron chi connectivity index (χ0n) is 11.2. The van der Waals surface area contributed by atoms with Crippen LogP contribution in [0.15, 0.2) is 49.6 Å². The van der Waals surface area contributed by atoms with E-state index in [4.69, 9.17) is 10.2 Å².